The molecular formula is C47H86O10. The molecule has 57 heavy (non-hydrogen) atoms. The quantitative estimate of drug-likeness (QED) is 0.169. The van der Waals surface area contributed by atoms with E-state index in [9.17, 15) is 0 Å². The molecule has 0 aromatic heterocycles. The van der Waals surface area contributed by atoms with Crippen molar-refractivity contribution in [2.75, 3.05) is 7.11 Å². The summed E-state index contributed by atoms with van der Waals surface area (Å²) in [4.78, 5) is 0. The number of methoxy groups -OCH3 is 1. The molecule has 0 spiro atoms. The first-order valence-corrected chi connectivity index (χ1v) is 23.5. The molecule has 334 valence electrons. The molecule has 10 nitrogen and oxygen atoms in total. The summed E-state index contributed by atoms with van der Waals surface area (Å²) in [6.45, 7) is 35.9. The molecule has 5 fully saturated rings. The maximum absolute atomic E-state index is 7.33. The topological polar surface area (TPSA) is 92.3 Å². The van der Waals surface area contributed by atoms with Crippen molar-refractivity contribution in [1.82, 2.24) is 0 Å². The van der Waals surface area contributed by atoms with Crippen molar-refractivity contribution >= 4 is 0 Å². The molecule has 25 atom stereocenters. The van der Waals surface area contributed by atoms with Gasteiger partial charge in [0.05, 0.1) is 42.7 Å². The van der Waals surface area contributed by atoms with Gasteiger partial charge in [0.2, 0.25) is 0 Å². The first-order valence-electron chi connectivity index (χ1n) is 23.5. The molecular weight excluding hydrogens is 725 g/mol. The van der Waals surface area contributed by atoms with Crippen LogP contribution in [0.1, 0.15) is 143 Å². The summed E-state index contributed by atoms with van der Waals surface area (Å²) < 4.78 is 68.4. The molecule has 0 amide bonds. The van der Waals surface area contributed by atoms with Gasteiger partial charge in [0.15, 0.2) is 31.5 Å². The van der Waals surface area contributed by atoms with Crippen molar-refractivity contribution in [2.24, 2.45) is 65.1 Å². The van der Waals surface area contributed by atoms with Crippen molar-refractivity contribution in [3.63, 3.8) is 0 Å². The molecule has 0 radical (unpaired) electrons. The summed E-state index contributed by atoms with van der Waals surface area (Å²) in [6.07, 6.45) is 1.46. The van der Waals surface area contributed by atoms with Crippen LogP contribution in [0, 0.1) is 65.1 Å². The Bertz CT molecular complexity index is 1190. The van der Waals surface area contributed by atoms with Gasteiger partial charge in [-0.1, -0.05) is 111 Å². The Morgan fingerprint density at radius 2 is 0.561 bits per heavy atom. The Balaban J connectivity index is 1.42. The first kappa shape index (κ1) is 47.6. The van der Waals surface area contributed by atoms with Crippen LogP contribution in [0.2, 0.25) is 0 Å². The zero-order valence-electron chi connectivity index (χ0n) is 39.1. The summed E-state index contributed by atoms with van der Waals surface area (Å²) in [6, 6.07) is 0. The van der Waals surface area contributed by atoms with Gasteiger partial charge < -0.3 is 47.4 Å². The van der Waals surface area contributed by atoms with E-state index in [2.05, 4.69) is 111 Å². The Kier molecular flexibility index (Phi) is 17.3. The Hall–Kier alpha value is -0.400. The normalized spacial score (nSPS) is 52.5. The predicted molar refractivity (Wildman–Crippen MR) is 222 cm³/mol. The third kappa shape index (κ3) is 9.81. The summed E-state index contributed by atoms with van der Waals surface area (Å²) in [5, 5.41) is 0. The molecule has 5 rings (SSSR count). The molecule has 0 aromatic rings. The number of hydrogen-bond acceptors (Lipinski definition) is 10. The van der Waals surface area contributed by atoms with Gasteiger partial charge in [-0.25, -0.2) is 0 Å². The number of ether oxygens (including phenoxy) is 10. The highest BCUT2D eigenvalue weighted by Crippen LogP contribution is 2.45. The van der Waals surface area contributed by atoms with Gasteiger partial charge in [-0.15, -0.1) is 0 Å². The SMILES string of the molecule is CCC1O[C@H](OC2[C@@H](OC3[C@@H](O[C@@H]4C(C)[C@@H](O[C@@H]5C(C)[C@@H](OC)OC(CC)[C@H]5C)OC(CC)[C@H]4C)OC(CC)[C@@H](C)[C@@H]3C)OC(CC)[C@@H](C)[C@@H]2C)C(C)[C@@H](C)[C@@H]1C. The maximum atomic E-state index is 7.33. The smallest absolute Gasteiger partial charge is 0.185 e. The Morgan fingerprint density at radius 3 is 0.965 bits per heavy atom. The van der Waals surface area contributed by atoms with Crippen LogP contribution in [-0.4, -0.2) is 93.5 Å². The van der Waals surface area contributed by atoms with Crippen molar-refractivity contribution < 1.29 is 47.4 Å². The standard InChI is InChI=1S/C47H86O10/c1-18-34-24(7)23(6)29(12)44(50-34)56-41-27(10)25(8)36(20-3)53-47(41)57-42-28(11)26(9)35(19-2)52-46(42)55-40-31(14)38(22-5)51-45(33(40)16)54-39-30(13)37(21-4)49-43(48-17)32(39)15/h23-47H,18-22H2,1-17H3/t23-,24-,25-,26-,27-,28-,29?,30+,31+,32?,33?,34?,35?,36?,37?,38?,39-,40-,41?,42?,43-,44+,45+,46+,47+/m0/s1. The number of rotatable bonds is 14. The zero-order valence-corrected chi connectivity index (χ0v) is 39.1. The second-order valence-electron chi connectivity index (χ2n) is 19.3. The first-order chi connectivity index (χ1) is 27.1. The highest BCUT2D eigenvalue weighted by atomic mass is 16.8. The van der Waals surface area contributed by atoms with E-state index in [-0.39, 0.29) is 115 Å². The summed E-state index contributed by atoms with van der Waals surface area (Å²) in [7, 11) is 1.72. The third-order valence-corrected chi connectivity index (χ3v) is 16.1. The average molecular weight is 811 g/mol. The highest BCUT2D eigenvalue weighted by Gasteiger charge is 2.53. The van der Waals surface area contributed by atoms with Gasteiger partial charge >= 0.3 is 0 Å². The van der Waals surface area contributed by atoms with Gasteiger partial charge in [-0.05, 0) is 67.6 Å². The minimum Gasteiger partial charge on any atom is -0.355 e. The molecule has 5 aliphatic rings. The lowest BCUT2D eigenvalue weighted by Gasteiger charge is -2.53. The summed E-state index contributed by atoms with van der Waals surface area (Å²) in [5.74, 6) is 2.34. The molecule has 0 aromatic carbocycles. The second kappa shape index (κ2) is 20.6. The van der Waals surface area contributed by atoms with Gasteiger partial charge in [0.1, 0.15) is 12.2 Å². The van der Waals surface area contributed by atoms with E-state index in [1.807, 2.05) is 0 Å². The van der Waals surface area contributed by atoms with Crippen LogP contribution in [0.5, 0.6) is 0 Å². The van der Waals surface area contributed by atoms with Crippen molar-refractivity contribution in [2.45, 2.75) is 229 Å². The molecule has 5 saturated heterocycles. The summed E-state index contributed by atoms with van der Waals surface area (Å²) in [5.41, 5.74) is 0. The van der Waals surface area contributed by atoms with Crippen LogP contribution in [-0.2, 0) is 47.4 Å². The van der Waals surface area contributed by atoms with Crippen molar-refractivity contribution in [1.29, 1.82) is 0 Å². The fourth-order valence-corrected chi connectivity index (χ4v) is 11.2. The lowest BCUT2D eigenvalue weighted by molar-refractivity contribution is -0.383. The van der Waals surface area contributed by atoms with E-state index < -0.39 is 18.9 Å². The van der Waals surface area contributed by atoms with Gasteiger partial charge in [0.25, 0.3) is 0 Å². The van der Waals surface area contributed by atoms with E-state index in [0.717, 1.165) is 32.1 Å². The van der Waals surface area contributed by atoms with Crippen LogP contribution >= 0.6 is 0 Å². The average Bonchev–Trinajstić information content (AvgIpc) is 3.20. The lowest BCUT2D eigenvalue weighted by Crippen LogP contribution is -2.61. The van der Waals surface area contributed by atoms with Gasteiger partial charge in [-0.2, -0.15) is 0 Å². The molecule has 0 N–H and O–H groups in total. The maximum Gasteiger partial charge on any atom is 0.185 e. The molecule has 0 saturated carbocycles. The Morgan fingerprint density at radius 1 is 0.281 bits per heavy atom. The van der Waals surface area contributed by atoms with E-state index in [1.54, 1.807) is 7.11 Å². The number of hydrogen-bond donors (Lipinski definition) is 0. The van der Waals surface area contributed by atoms with Crippen LogP contribution in [0.4, 0.5) is 0 Å². The highest BCUT2D eigenvalue weighted by molar-refractivity contribution is 4.94. The minimum absolute atomic E-state index is 0.0372. The predicted octanol–water partition coefficient (Wildman–Crippen LogP) is 9.85. The largest absolute Gasteiger partial charge is 0.355 e. The van der Waals surface area contributed by atoms with Crippen LogP contribution < -0.4 is 0 Å². The van der Waals surface area contributed by atoms with Gasteiger partial charge in [-0.3, -0.25) is 0 Å². The second-order valence-corrected chi connectivity index (χ2v) is 19.3. The minimum atomic E-state index is -0.607. The van der Waals surface area contributed by atoms with Crippen LogP contribution in [0.15, 0.2) is 0 Å². The fraction of sp³-hybridized carbons (Fsp3) is 1.00. The zero-order chi connectivity index (χ0) is 42.0. The molecule has 10 heteroatoms. The molecule has 0 bridgehead atoms. The van der Waals surface area contributed by atoms with E-state index >= 15 is 0 Å². The van der Waals surface area contributed by atoms with Crippen molar-refractivity contribution in [3.05, 3.63) is 0 Å². The van der Waals surface area contributed by atoms with Crippen LogP contribution in [0.25, 0.3) is 0 Å². The Labute approximate surface area is 348 Å². The van der Waals surface area contributed by atoms with Gasteiger partial charge in [0, 0.05) is 36.7 Å². The van der Waals surface area contributed by atoms with E-state index in [4.69, 9.17) is 47.4 Å². The molecule has 5 heterocycles. The lowest BCUT2D eigenvalue weighted by atomic mass is 9.78. The van der Waals surface area contributed by atoms with Crippen LogP contribution in [0.3, 0.4) is 0 Å². The monoisotopic (exact) mass is 811 g/mol. The molecule has 0 aliphatic carbocycles. The van der Waals surface area contributed by atoms with E-state index in [1.165, 1.54) is 0 Å². The molecule has 10 unspecified atom stereocenters. The summed E-state index contributed by atoms with van der Waals surface area (Å²) >= 11 is 0. The molecule has 5 aliphatic heterocycles. The van der Waals surface area contributed by atoms with E-state index in [0.29, 0.717) is 17.8 Å². The fourth-order valence-electron chi connectivity index (χ4n) is 11.2. The van der Waals surface area contributed by atoms with Crippen molar-refractivity contribution in [3.8, 4) is 0 Å². The third-order valence-electron chi connectivity index (χ3n) is 16.1.